The summed E-state index contributed by atoms with van der Waals surface area (Å²) in [4.78, 5) is 10.6. The van der Waals surface area contributed by atoms with E-state index in [1.165, 1.54) is 5.56 Å². The lowest BCUT2D eigenvalue weighted by molar-refractivity contribution is 0.0342. The van der Waals surface area contributed by atoms with E-state index in [4.69, 9.17) is 20.9 Å². The lowest BCUT2D eigenvalue weighted by atomic mass is 9.92. The van der Waals surface area contributed by atoms with Crippen LogP contribution in [-0.4, -0.2) is 52.9 Å². The molecule has 2 aromatic carbocycles. The van der Waals surface area contributed by atoms with Crippen molar-refractivity contribution in [3.63, 3.8) is 0 Å². The third-order valence-corrected chi connectivity index (χ3v) is 5.55. The van der Waals surface area contributed by atoms with E-state index in [2.05, 4.69) is 27.0 Å². The molecule has 1 saturated heterocycles. The fourth-order valence-electron chi connectivity index (χ4n) is 3.99. The molecule has 0 radical (unpaired) electrons. The number of anilines is 2. The first-order valence-electron chi connectivity index (χ1n) is 10.8. The van der Waals surface area contributed by atoms with Gasteiger partial charge in [0.1, 0.15) is 17.3 Å². The van der Waals surface area contributed by atoms with Gasteiger partial charge in [-0.3, -0.25) is 4.90 Å². The van der Waals surface area contributed by atoms with Crippen molar-refractivity contribution in [3.8, 4) is 22.6 Å². The van der Waals surface area contributed by atoms with Crippen LogP contribution in [0, 0.1) is 0 Å². The Morgan fingerprint density at radius 1 is 1.12 bits per heavy atom. The van der Waals surface area contributed by atoms with Gasteiger partial charge in [0, 0.05) is 37.8 Å². The second kappa shape index (κ2) is 9.84. The summed E-state index contributed by atoms with van der Waals surface area (Å²) < 4.78 is 11.3. The molecule has 1 aliphatic heterocycles. The SMILES string of the molecule is CCOc1cccc(O)c1-c1ccc(CN2CCOCC2)cc1Cc1cnc(N)nc1N. The van der Waals surface area contributed by atoms with Crippen molar-refractivity contribution in [3.05, 3.63) is 59.3 Å². The summed E-state index contributed by atoms with van der Waals surface area (Å²) in [6.07, 6.45) is 2.16. The summed E-state index contributed by atoms with van der Waals surface area (Å²) >= 11 is 0. The molecule has 0 unspecified atom stereocenters. The van der Waals surface area contributed by atoms with Crippen molar-refractivity contribution in [1.29, 1.82) is 0 Å². The standard InChI is InChI=1S/C24H29N5O3/c1-2-32-21-5-3-4-20(30)22(21)19-7-6-16(15-29-8-10-31-11-9-29)12-17(19)13-18-14-27-24(26)28-23(18)25/h3-7,12,14,30H,2,8-11,13,15H2,1H3,(H4,25,26,27,28). The van der Waals surface area contributed by atoms with Crippen molar-refractivity contribution in [2.75, 3.05) is 44.4 Å². The summed E-state index contributed by atoms with van der Waals surface area (Å²) in [6, 6.07) is 11.6. The second-order valence-corrected chi connectivity index (χ2v) is 7.78. The lowest BCUT2D eigenvalue weighted by Crippen LogP contribution is -2.35. The Morgan fingerprint density at radius 3 is 2.69 bits per heavy atom. The van der Waals surface area contributed by atoms with Crippen molar-refractivity contribution in [2.24, 2.45) is 0 Å². The zero-order valence-electron chi connectivity index (χ0n) is 18.3. The molecule has 1 aliphatic rings. The molecule has 5 N–H and O–H groups in total. The average molecular weight is 436 g/mol. The van der Waals surface area contributed by atoms with Crippen LogP contribution < -0.4 is 16.2 Å². The Kier molecular flexibility index (Phi) is 6.72. The number of phenolic OH excluding ortho intramolecular Hbond substituents is 1. The van der Waals surface area contributed by atoms with Gasteiger partial charge in [0.2, 0.25) is 5.95 Å². The van der Waals surface area contributed by atoms with Crippen molar-refractivity contribution >= 4 is 11.8 Å². The molecule has 0 bridgehead atoms. The number of phenols is 1. The lowest BCUT2D eigenvalue weighted by Gasteiger charge is -2.27. The first kappa shape index (κ1) is 21.9. The molecular formula is C24H29N5O3. The van der Waals surface area contributed by atoms with Crippen LogP contribution in [0.15, 0.2) is 42.6 Å². The van der Waals surface area contributed by atoms with Crippen LogP contribution in [0.25, 0.3) is 11.1 Å². The van der Waals surface area contributed by atoms with Crippen LogP contribution in [0.1, 0.15) is 23.6 Å². The molecule has 8 nitrogen and oxygen atoms in total. The number of hydrogen-bond acceptors (Lipinski definition) is 8. The first-order valence-corrected chi connectivity index (χ1v) is 10.8. The number of aromatic nitrogens is 2. The van der Waals surface area contributed by atoms with Gasteiger partial charge < -0.3 is 26.0 Å². The molecule has 1 fully saturated rings. The molecule has 2 heterocycles. The van der Waals surface area contributed by atoms with Crippen LogP contribution in [0.3, 0.4) is 0 Å². The van der Waals surface area contributed by atoms with E-state index >= 15 is 0 Å². The van der Waals surface area contributed by atoms with Gasteiger partial charge in [0.05, 0.1) is 25.4 Å². The zero-order chi connectivity index (χ0) is 22.5. The summed E-state index contributed by atoms with van der Waals surface area (Å²) in [5.41, 5.74) is 16.3. The molecule has 0 saturated carbocycles. The number of nitrogens with two attached hydrogens (primary N) is 2. The molecule has 0 atom stereocenters. The molecule has 0 aliphatic carbocycles. The number of rotatable bonds is 7. The smallest absolute Gasteiger partial charge is 0.221 e. The van der Waals surface area contributed by atoms with Crippen LogP contribution in [0.5, 0.6) is 11.5 Å². The van der Waals surface area contributed by atoms with E-state index in [9.17, 15) is 5.11 Å². The molecule has 8 heteroatoms. The fraction of sp³-hybridized carbons (Fsp3) is 0.333. The Hall–Kier alpha value is -3.36. The summed E-state index contributed by atoms with van der Waals surface area (Å²) in [7, 11) is 0. The highest BCUT2D eigenvalue weighted by Crippen LogP contribution is 2.40. The molecule has 168 valence electrons. The van der Waals surface area contributed by atoms with Gasteiger partial charge in [0.25, 0.3) is 0 Å². The quantitative estimate of drug-likeness (QED) is 0.518. The summed E-state index contributed by atoms with van der Waals surface area (Å²) in [5.74, 6) is 1.30. The van der Waals surface area contributed by atoms with Crippen molar-refractivity contribution in [2.45, 2.75) is 19.9 Å². The van der Waals surface area contributed by atoms with Crippen LogP contribution >= 0.6 is 0 Å². The van der Waals surface area contributed by atoms with Gasteiger partial charge in [-0.2, -0.15) is 4.98 Å². The number of nitrogens with zero attached hydrogens (tertiary/aromatic N) is 3. The minimum Gasteiger partial charge on any atom is -0.507 e. The number of morpholine rings is 1. The largest absolute Gasteiger partial charge is 0.507 e. The van der Waals surface area contributed by atoms with Crippen LogP contribution in [0.2, 0.25) is 0 Å². The predicted molar refractivity (Wildman–Crippen MR) is 124 cm³/mol. The van der Waals surface area contributed by atoms with Gasteiger partial charge in [-0.15, -0.1) is 0 Å². The number of benzene rings is 2. The topological polar surface area (TPSA) is 120 Å². The molecule has 1 aromatic heterocycles. The van der Waals surface area contributed by atoms with Gasteiger partial charge >= 0.3 is 0 Å². The third-order valence-electron chi connectivity index (χ3n) is 5.55. The summed E-state index contributed by atoms with van der Waals surface area (Å²) in [6.45, 7) is 6.56. The molecule has 3 aromatic rings. The minimum atomic E-state index is 0.145. The van der Waals surface area contributed by atoms with Crippen LogP contribution in [-0.2, 0) is 17.7 Å². The predicted octanol–water partition coefficient (Wildman–Crippen LogP) is 2.84. The highest BCUT2D eigenvalue weighted by molar-refractivity contribution is 5.79. The molecule has 32 heavy (non-hydrogen) atoms. The second-order valence-electron chi connectivity index (χ2n) is 7.78. The maximum atomic E-state index is 10.7. The van der Waals surface area contributed by atoms with Gasteiger partial charge in [-0.05, 0) is 35.7 Å². The Bertz CT molecular complexity index is 1080. The van der Waals surface area contributed by atoms with E-state index in [-0.39, 0.29) is 11.7 Å². The van der Waals surface area contributed by atoms with Gasteiger partial charge in [-0.25, -0.2) is 4.98 Å². The molecule has 0 amide bonds. The van der Waals surface area contributed by atoms with E-state index < -0.39 is 0 Å². The first-order chi connectivity index (χ1) is 15.5. The monoisotopic (exact) mass is 435 g/mol. The summed E-state index contributed by atoms with van der Waals surface area (Å²) in [5, 5.41) is 10.7. The van der Waals surface area contributed by atoms with E-state index in [0.29, 0.717) is 30.2 Å². The highest BCUT2D eigenvalue weighted by atomic mass is 16.5. The van der Waals surface area contributed by atoms with E-state index in [1.54, 1.807) is 18.3 Å². The zero-order valence-corrected chi connectivity index (χ0v) is 18.3. The van der Waals surface area contributed by atoms with E-state index in [0.717, 1.165) is 49.5 Å². The van der Waals surface area contributed by atoms with Crippen LogP contribution in [0.4, 0.5) is 11.8 Å². The van der Waals surface area contributed by atoms with Crippen molar-refractivity contribution < 1.29 is 14.6 Å². The average Bonchev–Trinajstić information content (AvgIpc) is 2.78. The van der Waals surface area contributed by atoms with Crippen molar-refractivity contribution in [1.82, 2.24) is 14.9 Å². The Balaban J connectivity index is 1.77. The Labute approximate surface area is 187 Å². The number of nitrogen functional groups attached to an aromatic ring is 2. The maximum Gasteiger partial charge on any atom is 0.221 e. The minimum absolute atomic E-state index is 0.145. The molecular weight excluding hydrogens is 406 g/mol. The van der Waals surface area contributed by atoms with Gasteiger partial charge in [0.15, 0.2) is 0 Å². The molecule has 0 spiro atoms. The van der Waals surface area contributed by atoms with E-state index in [1.807, 2.05) is 19.1 Å². The fourth-order valence-corrected chi connectivity index (χ4v) is 3.99. The normalized spacial score (nSPS) is 14.4. The van der Waals surface area contributed by atoms with Gasteiger partial charge in [-0.1, -0.05) is 24.3 Å². The molecule has 4 rings (SSSR count). The highest BCUT2D eigenvalue weighted by Gasteiger charge is 2.18. The number of ether oxygens (including phenoxy) is 2. The maximum absolute atomic E-state index is 10.7. The third kappa shape index (κ3) is 4.92. The number of hydrogen-bond donors (Lipinski definition) is 3. The Morgan fingerprint density at radius 2 is 1.94 bits per heavy atom. The number of aromatic hydroxyl groups is 1.